The van der Waals surface area contributed by atoms with Crippen LogP contribution in [0.25, 0.3) is 59.8 Å². The normalized spacial score (nSPS) is 13.0. The molecule has 7 rings (SSSR count). The second-order valence-electron chi connectivity index (χ2n) is 11.2. The zero-order valence-corrected chi connectivity index (χ0v) is 20.5. The summed E-state index contributed by atoms with van der Waals surface area (Å²) in [4.78, 5) is 4.96. The number of rotatable bonds is 1. The minimum atomic E-state index is 0.251. The largest absolute Gasteiger partial charge is 0.306 e. The number of benzene rings is 3. The van der Waals surface area contributed by atoms with Gasteiger partial charge in [-0.3, -0.25) is 4.98 Å². The number of nitrogens with zero attached hydrogens (tertiary/aromatic N) is 2. The molecule has 34 heavy (non-hydrogen) atoms. The van der Waals surface area contributed by atoms with Crippen molar-refractivity contribution in [3.63, 3.8) is 0 Å². The van der Waals surface area contributed by atoms with E-state index in [0.29, 0.717) is 0 Å². The molecule has 0 aliphatic rings. The zero-order valence-electron chi connectivity index (χ0n) is 20.5. The first kappa shape index (κ1) is 19.8. The van der Waals surface area contributed by atoms with Crippen LogP contribution in [-0.4, -0.2) is 9.38 Å². The molecule has 7 aromatic rings. The third kappa shape index (κ3) is 2.54. The van der Waals surface area contributed by atoms with E-state index in [-0.39, 0.29) is 5.41 Å². The molecule has 0 saturated carbocycles. The van der Waals surface area contributed by atoms with Crippen molar-refractivity contribution in [2.45, 2.75) is 41.0 Å². The molecular weight excluding hydrogens is 412 g/mol. The van der Waals surface area contributed by atoms with E-state index >= 15 is 0 Å². The monoisotopic (exact) mass is 440 g/mol. The van der Waals surface area contributed by atoms with E-state index in [1.165, 1.54) is 70.9 Å². The summed E-state index contributed by atoms with van der Waals surface area (Å²) in [6.45, 7) is 11.5. The highest BCUT2D eigenvalue weighted by molar-refractivity contribution is 6.26. The van der Waals surface area contributed by atoms with Crippen LogP contribution < -0.4 is 0 Å². The molecule has 3 aromatic carbocycles. The van der Waals surface area contributed by atoms with E-state index in [9.17, 15) is 0 Å². The van der Waals surface area contributed by atoms with Gasteiger partial charge in [0.25, 0.3) is 0 Å². The van der Waals surface area contributed by atoms with Gasteiger partial charge in [-0.05, 0) is 82.8 Å². The maximum absolute atomic E-state index is 4.96. The molecule has 0 atom stereocenters. The van der Waals surface area contributed by atoms with Gasteiger partial charge in [0.1, 0.15) is 0 Å². The molecule has 4 aromatic heterocycles. The minimum absolute atomic E-state index is 0.251. The van der Waals surface area contributed by atoms with Gasteiger partial charge in [0.05, 0.1) is 22.1 Å². The highest BCUT2D eigenvalue weighted by Gasteiger charge is 2.23. The Kier molecular flexibility index (Phi) is 3.77. The molecule has 2 heteroatoms. The Morgan fingerprint density at radius 1 is 0.676 bits per heavy atom. The lowest BCUT2D eigenvalue weighted by Crippen LogP contribution is -2.09. The molecule has 166 valence electrons. The first-order chi connectivity index (χ1) is 16.3. The Balaban J connectivity index is 1.77. The minimum Gasteiger partial charge on any atom is -0.306 e. The maximum atomic E-state index is 4.96. The molecule has 0 aliphatic carbocycles. The van der Waals surface area contributed by atoms with E-state index in [1.807, 2.05) is 6.20 Å². The molecule has 0 saturated heterocycles. The summed E-state index contributed by atoms with van der Waals surface area (Å²) < 4.78 is 2.52. The second-order valence-corrected chi connectivity index (χ2v) is 11.2. The van der Waals surface area contributed by atoms with Gasteiger partial charge in [-0.15, -0.1) is 0 Å². The predicted molar refractivity (Wildman–Crippen MR) is 147 cm³/mol. The second kappa shape index (κ2) is 6.48. The summed E-state index contributed by atoms with van der Waals surface area (Å²) in [5.74, 6) is 0. The van der Waals surface area contributed by atoms with Gasteiger partial charge in [0.15, 0.2) is 0 Å². The van der Waals surface area contributed by atoms with Crippen LogP contribution in [0.1, 0.15) is 37.5 Å². The lowest BCUT2D eigenvalue weighted by Gasteiger charge is -2.20. The molecule has 0 unspecified atom stereocenters. The lowest BCUT2D eigenvalue weighted by atomic mass is 9.87. The Morgan fingerprint density at radius 3 is 2.00 bits per heavy atom. The van der Waals surface area contributed by atoms with Crippen LogP contribution >= 0.6 is 0 Å². The lowest BCUT2D eigenvalue weighted by molar-refractivity contribution is 0.411. The van der Waals surface area contributed by atoms with Crippen LogP contribution in [0, 0.1) is 19.3 Å². The molecule has 0 radical (unpaired) electrons. The number of pyridine rings is 3. The van der Waals surface area contributed by atoms with Crippen molar-refractivity contribution < 1.29 is 0 Å². The number of fused-ring (bicyclic) bond motifs is 7. The molecule has 0 N–H and O–H groups in total. The van der Waals surface area contributed by atoms with Crippen LogP contribution in [0.15, 0.2) is 66.9 Å². The molecule has 0 spiro atoms. The van der Waals surface area contributed by atoms with Crippen molar-refractivity contribution in [2.24, 2.45) is 5.41 Å². The third-order valence-electron chi connectivity index (χ3n) is 7.63. The van der Waals surface area contributed by atoms with Crippen LogP contribution in [0.2, 0.25) is 0 Å². The first-order valence-electron chi connectivity index (χ1n) is 12.2. The number of hydrogen-bond acceptors (Lipinski definition) is 1. The van der Waals surface area contributed by atoms with Gasteiger partial charge in [-0.2, -0.15) is 0 Å². The Bertz CT molecular complexity index is 1930. The van der Waals surface area contributed by atoms with Crippen LogP contribution in [0.4, 0.5) is 0 Å². The van der Waals surface area contributed by atoms with Crippen LogP contribution in [-0.2, 0) is 6.42 Å². The van der Waals surface area contributed by atoms with Crippen LogP contribution in [0.3, 0.4) is 0 Å². The number of hydrogen-bond donors (Lipinski definition) is 0. The molecule has 0 amide bonds. The molecule has 4 heterocycles. The summed E-state index contributed by atoms with van der Waals surface area (Å²) in [6, 6.07) is 22.7. The molecule has 0 bridgehead atoms. The highest BCUT2D eigenvalue weighted by atomic mass is 14.9. The van der Waals surface area contributed by atoms with Gasteiger partial charge < -0.3 is 4.40 Å². The summed E-state index contributed by atoms with van der Waals surface area (Å²) >= 11 is 0. The number of aryl methyl sites for hydroxylation is 2. The van der Waals surface area contributed by atoms with E-state index in [1.54, 1.807) is 0 Å². The zero-order chi connectivity index (χ0) is 23.4. The molecule has 0 aliphatic heterocycles. The van der Waals surface area contributed by atoms with E-state index in [4.69, 9.17) is 4.98 Å². The van der Waals surface area contributed by atoms with Gasteiger partial charge >= 0.3 is 0 Å². The molecular formula is C32H28N2. The van der Waals surface area contributed by atoms with Crippen molar-refractivity contribution in [1.29, 1.82) is 0 Å². The summed E-state index contributed by atoms with van der Waals surface area (Å²) in [5, 5.41) is 9.02. The topological polar surface area (TPSA) is 17.3 Å². The first-order valence-corrected chi connectivity index (χ1v) is 12.2. The fraction of sp³-hybridized carbons (Fsp3) is 0.219. The van der Waals surface area contributed by atoms with Crippen molar-refractivity contribution in [3.05, 3.63) is 83.6 Å². The predicted octanol–water partition coefficient (Wildman–Crippen LogP) is 8.74. The average molecular weight is 441 g/mol. The fourth-order valence-electron chi connectivity index (χ4n) is 6.14. The van der Waals surface area contributed by atoms with Crippen molar-refractivity contribution in [2.75, 3.05) is 0 Å². The number of aromatic nitrogens is 2. The average Bonchev–Trinajstić information content (AvgIpc) is 3.08. The Morgan fingerprint density at radius 2 is 1.32 bits per heavy atom. The van der Waals surface area contributed by atoms with Gasteiger partial charge in [0.2, 0.25) is 0 Å². The van der Waals surface area contributed by atoms with Gasteiger partial charge in [0, 0.05) is 27.7 Å². The van der Waals surface area contributed by atoms with Crippen molar-refractivity contribution in [3.8, 4) is 0 Å². The van der Waals surface area contributed by atoms with Crippen molar-refractivity contribution in [1.82, 2.24) is 9.38 Å². The SMILES string of the molecule is Cc1c(C)c2c3cc4ccccc4cc3c3nccc4c5ccc(CC(C)(C)C)cc5c1n2c43. The molecule has 2 nitrogen and oxygen atoms in total. The van der Waals surface area contributed by atoms with Gasteiger partial charge in [-0.1, -0.05) is 57.2 Å². The third-order valence-corrected chi connectivity index (χ3v) is 7.63. The standard InChI is InChI=1S/C32H28N2/c1-18-19(2)30-27-16-22-9-7-6-8-21(22)15-25(27)28-31-24(12-13-33-28)23-11-10-20(17-32(3,4)5)14-26(23)29(18)34(30)31/h6-16H,17H2,1-5H3. The van der Waals surface area contributed by atoms with E-state index in [0.717, 1.165) is 11.9 Å². The quantitative estimate of drug-likeness (QED) is 0.184. The Labute approximate surface area is 199 Å². The Hall–Kier alpha value is -3.65. The van der Waals surface area contributed by atoms with E-state index in [2.05, 4.69) is 99.7 Å². The smallest absolute Gasteiger partial charge is 0.0955 e. The summed E-state index contributed by atoms with van der Waals surface area (Å²) in [5.41, 5.74) is 9.36. The fourth-order valence-corrected chi connectivity index (χ4v) is 6.14. The highest BCUT2D eigenvalue weighted by Crippen LogP contribution is 2.43. The summed E-state index contributed by atoms with van der Waals surface area (Å²) in [6.07, 6.45) is 3.05. The van der Waals surface area contributed by atoms with Crippen molar-refractivity contribution >= 4 is 59.8 Å². The molecule has 0 fully saturated rings. The van der Waals surface area contributed by atoms with Crippen LogP contribution in [0.5, 0.6) is 0 Å². The van der Waals surface area contributed by atoms with E-state index < -0.39 is 0 Å². The maximum Gasteiger partial charge on any atom is 0.0955 e. The van der Waals surface area contributed by atoms with Gasteiger partial charge in [-0.25, -0.2) is 0 Å². The summed E-state index contributed by atoms with van der Waals surface area (Å²) in [7, 11) is 0.